The maximum Gasteiger partial charge on any atom is 0.307 e. The molecule has 7 heteroatoms. The number of hydrogen-bond donors (Lipinski definition) is 2. The Bertz CT molecular complexity index is 511. The van der Waals surface area contributed by atoms with Crippen molar-refractivity contribution in [3.8, 4) is 0 Å². The summed E-state index contributed by atoms with van der Waals surface area (Å²) in [6.45, 7) is 0. The van der Waals surface area contributed by atoms with Gasteiger partial charge in [0.25, 0.3) is 5.69 Å². The Morgan fingerprint density at radius 1 is 1.28 bits per heavy atom. The second kappa shape index (κ2) is 4.44. The smallest absolute Gasteiger partial charge is 0.307 e. The summed E-state index contributed by atoms with van der Waals surface area (Å²) in [4.78, 5) is 32.1. The van der Waals surface area contributed by atoms with Gasteiger partial charge in [-0.1, -0.05) is 0 Å². The van der Waals surface area contributed by atoms with E-state index in [0.29, 0.717) is 12.1 Å². The quantitative estimate of drug-likeness (QED) is 0.617. The largest absolute Gasteiger partial charge is 0.481 e. The zero-order chi connectivity index (χ0) is 13.3. The molecule has 2 unspecified atom stereocenters. The Balaban J connectivity index is 1.96. The number of carboxylic acids is 1. The van der Waals surface area contributed by atoms with E-state index >= 15 is 0 Å². The first-order chi connectivity index (χ1) is 8.49. The molecule has 0 aromatic heterocycles. The number of carbonyl (C=O) groups is 2. The highest BCUT2D eigenvalue weighted by Gasteiger charge is 2.48. The van der Waals surface area contributed by atoms with Crippen LogP contribution in [0.25, 0.3) is 0 Å². The van der Waals surface area contributed by atoms with Gasteiger partial charge in [0.15, 0.2) is 0 Å². The summed E-state index contributed by atoms with van der Waals surface area (Å²) in [6.07, 6.45) is 0.341. The van der Waals surface area contributed by atoms with Gasteiger partial charge in [-0.15, -0.1) is 0 Å². The SMILES string of the molecule is O=C(O)C1CC1C(=O)Nc1ccc([N+](=O)[O-])cc1. The summed E-state index contributed by atoms with van der Waals surface area (Å²) >= 11 is 0. The van der Waals surface area contributed by atoms with Gasteiger partial charge in [-0.3, -0.25) is 19.7 Å². The average Bonchev–Trinajstić information content (AvgIpc) is 3.09. The normalized spacial score (nSPS) is 21.1. The van der Waals surface area contributed by atoms with Crippen molar-refractivity contribution in [1.82, 2.24) is 0 Å². The number of carbonyl (C=O) groups excluding carboxylic acids is 1. The van der Waals surface area contributed by atoms with Crippen LogP contribution in [0.4, 0.5) is 11.4 Å². The number of aliphatic carboxylic acids is 1. The van der Waals surface area contributed by atoms with Gasteiger partial charge in [-0.2, -0.15) is 0 Å². The number of non-ortho nitro benzene ring substituents is 1. The number of nitrogens with zero attached hydrogens (tertiary/aromatic N) is 1. The summed E-state index contributed by atoms with van der Waals surface area (Å²) in [5.74, 6) is -2.45. The van der Waals surface area contributed by atoms with Gasteiger partial charge < -0.3 is 10.4 Å². The van der Waals surface area contributed by atoms with Crippen molar-refractivity contribution in [3.63, 3.8) is 0 Å². The number of nitro benzene ring substituents is 1. The lowest BCUT2D eigenvalue weighted by atomic mass is 10.2. The van der Waals surface area contributed by atoms with Crippen molar-refractivity contribution in [2.45, 2.75) is 6.42 Å². The van der Waals surface area contributed by atoms with Crippen LogP contribution in [0.5, 0.6) is 0 Å². The van der Waals surface area contributed by atoms with Gasteiger partial charge >= 0.3 is 5.97 Å². The summed E-state index contributed by atoms with van der Waals surface area (Å²) in [7, 11) is 0. The molecule has 1 amide bonds. The van der Waals surface area contributed by atoms with Crippen LogP contribution in [0, 0.1) is 22.0 Å². The number of benzene rings is 1. The number of nitro groups is 1. The van der Waals surface area contributed by atoms with Crippen LogP contribution < -0.4 is 5.32 Å². The van der Waals surface area contributed by atoms with Gasteiger partial charge in [0, 0.05) is 17.8 Å². The minimum Gasteiger partial charge on any atom is -0.481 e. The van der Waals surface area contributed by atoms with Gasteiger partial charge in [-0.25, -0.2) is 0 Å². The summed E-state index contributed by atoms with van der Waals surface area (Å²) in [5.41, 5.74) is 0.351. The molecule has 1 aliphatic rings. The van der Waals surface area contributed by atoms with Crippen molar-refractivity contribution in [2.75, 3.05) is 5.32 Å². The Hall–Kier alpha value is -2.44. The highest BCUT2D eigenvalue weighted by Crippen LogP contribution is 2.39. The molecule has 0 aliphatic heterocycles. The standard InChI is InChI=1S/C11H10N2O5/c14-10(8-5-9(8)11(15)16)12-6-1-3-7(4-2-6)13(17)18/h1-4,8-9H,5H2,(H,12,14)(H,15,16). The van der Waals surface area contributed by atoms with Gasteiger partial charge in [0.2, 0.25) is 5.91 Å². The number of nitrogens with one attached hydrogen (secondary N) is 1. The first kappa shape index (κ1) is 12.0. The highest BCUT2D eigenvalue weighted by atomic mass is 16.6. The van der Waals surface area contributed by atoms with Crippen LogP contribution in [0.2, 0.25) is 0 Å². The summed E-state index contributed by atoms with van der Waals surface area (Å²) < 4.78 is 0. The maximum atomic E-state index is 11.6. The fourth-order valence-corrected chi connectivity index (χ4v) is 1.66. The molecule has 1 aliphatic carbocycles. The molecule has 2 atom stereocenters. The molecule has 0 heterocycles. The van der Waals surface area contributed by atoms with Gasteiger partial charge in [-0.05, 0) is 18.6 Å². The van der Waals surface area contributed by atoms with Crippen LogP contribution in [0.3, 0.4) is 0 Å². The van der Waals surface area contributed by atoms with Crippen molar-refractivity contribution in [3.05, 3.63) is 34.4 Å². The van der Waals surface area contributed by atoms with Crippen LogP contribution in [-0.2, 0) is 9.59 Å². The first-order valence-corrected chi connectivity index (χ1v) is 5.27. The van der Waals surface area contributed by atoms with E-state index in [0.717, 1.165) is 0 Å². The Morgan fingerprint density at radius 2 is 1.89 bits per heavy atom. The molecular formula is C11H10N2O5. The summed E-state index contributed by atoms with van der Waals surface area (Å²) in [5, 5.41) is 21.6. The third kappa shape index (κ3) is 2.45. The fraction of sp³-hybridized carbons (Fsp3) is 0.273. The van der Waals surface area contributed by atoms with Crippen LogP contribution in [0.15, 0.2) is 24.3 Å². The maximum absolute atomic E-state index is 11.6. The first-order valence-electron chi connectivity index (χ1n) is 5.27. The van der Waals surface area contributed by atoms with Crippen molar-refractivity contribution in [2.24, 2.45) is 11.8 Å². The average molecular weight is 250 g/mol. The van der Waals surface area contributed by atoms with E-state index in [9.17, 15) is 19.7 Å². The topological polar surface area (TPSA) is 110 Å². The lowest BCUT2D eigenvalue weighted by Crippen LogP contribution is -2.16. The minimum absolute atomic E-state index is 0.0668. The predicted octanol–water partition coefficient (Wildman–Crippen LogP) is 1.25. The van der Waals surface area contributed by atoms with Gasteiger partial charge in [0.1, 0.15) is 0 Å². The molecule has 18 heavy (non-hydrogen) atoms. The zero-order valence-corrected chi connectivity index (χ0v) is 9.20. The monoisotopic (exact) mass is 250 g/mol. The number of anilines is 1. The Labute approximate surface area is 102 Å². The molecule has 2 N–H and O–H groups in total. The molecule has 7 nitrogen and oxygen atoms in total. The van der Waals surface area contributed by atoms with Crippen molar-refractivity contribution in [1.29, 1.82) is 0 Å². The number of rotatable bonds is 4. The van der Waals surface area contributed by atoms with E-state index in [-0.39, 0.29) is 11.6 Å². The molecule has 1 aromatic rings. The molecule has 1 aromatic carbocycles. The number of hydrogen-bond acceptors (Lipinski definition) is 4. The fourth-order valence-electron chi connectivity index (χ4n) is 1.66. The number of amides is 1. The van der Waals surface area contributed by atoms with E-state index in [1.807, 2.05) is 0 Å². The van der Waals surface area contributed by atoms with Crippen molar-refractivity contribution >= 4 is 23.3 Å². The molecule has 1 fully saturated rings. The third-order valence-electron chi connectivity index (χ3n) is 2.79. The molecule has 2 rings (SSSR count). The lowest BCUT2D eigenvalue weighted by Gasteiger charge is -2.03. The molecular weight excluding hydrogens is 240 g/mol. The Kier molecular flexibility index (Phi) is 2.97. The van der Waals surface area contributed by atoms with E-state index in [2.05, 4.69) is 5.32 Å². The number of carboxylic acid groups (broad SMARTS) is 1. The molecule has 0 radical (unpaired) electrons. The second-order valence-electron chi connectivity index (χ2n) is 4.08. The minimum atomic E-state index is -0.973. The van der Waals surface area contributed by atoms with Crippen molar-refractivity contribution < 1.29 is 19.6 Å². The lowest BCUT2D eigenvalue weighted by molar-refractivity contribution is -0.384. The molecule has 0 spiro atoms. The second-order valence-corrected chi connectivity index (χ2v) is 4.08. The molecule has 0 bridgehead atoms. The molecule has 94 valence electrons. The third-order valence-corrected chi connectivity index (χ3v) is 2.79. The van der Waals surface area contributed by atoms with E-state index in [1.165, 1.54) is 24.3 Å². The zero-order valence-electron chi connectivity index (χ0n) is 9.20. The van der Waals surface area contributed by atoms with Gasteiger partial charge in [0.05, 0.1) is 16.8 Å². The molecule has 1 saturated carbocycles. The van der Waals surface area contributed by atoms with Crippen LogP contribution >= 0.6 is 0 Å². The van der Waals surface area contributed by atoms with Crippen LogP contribution in [-0.4, -0.2) is 21.9 Å². The van der Waals surface area contributed by atoms with Crippen LogP contribution in [0.1, 0.15) is 6.42 Å². The summed E-state index contributed by atoms with van der Waals surface area (Å²) in [6, 6.07) is 5.37. The Morgan fingerprint density at radius 3 is 2.33 bits per heavy atom. The predicted molar refractivity (Wildman–Crippen MR) is 61.0 cm³/mol. The van der Waals surface area contributed by atoms with E-state index in [4.69, 9.17) is 5.11 Å². The van der Waals surface area contributed by atoms with E-state index in [1.54, 1.807) is 0 Å². The molecule has 0 saturated heterocycles. The highest BCUT2D eigenvalue weighted by molar-refractivity contribution is 5.98. The van der Waals surface area contributed by atoms with E-state index < -0.39 is 22.7 Å².